The minimum atomic E-state index is -0.584. The lowest BCUT2D eigenvalue weighted by atomic mass is 10.1. The second kappa shape index (κ2) is 8.68. The van der Waals surface area contributed by atoms with Crippen LogP contribution in [0, 0.1) is 10.1 Å². The molecule has 0 saturated carbocycles. The van der Waals surface area contributed by atoms with E-state index in [1.165, 1.54) is 6.07 Å². The third kappa shape index (κ3) is 4.85. The fourth-order valence-electron chi connectivity index (χ4n) is 2.54. The first-order valence-corrected chi connectivity index (χ1v) is 8.52. The molecular weight excluding hydrogens is 360 g/mol. The van der Waals surface area contributed by atoms with E-state index in [4.69, 9.17) is 4.74 Å². The lowest BCUT2D eigenvalue weighted by Gasteiger charge is -2.14. The molecule has 28 heavy (non-hydrogen) atoms. The van der Waals surface area contributed by atoms with Crippen LogP contribution in [0.25, 0.3) is 0 Å². The predicted molar refractivity (Wildman–Crippen MR) is 101 cm³/mol. The second-order valence-corrected chi connectivity index (χ2v) is 6.03. The Hall–Kier alpha value is -3.87. The molecule has 0 aliphatic rings. The van der Waals surface area contributed by atoms with Crippen molar-refractivity contribution >= 4 is 11.6 Å². The SMILES string of the molecule is O=C(NCc1cc([N+](=O)[O-])ccc1[O-])c1ccc(OCc2ccccc2)cc1. The van der Waals surface area contributed by atoms with Crippen molar-refractivity contribution in [3.8, 4) is 11.5 Å². The molecule has 1 amide bonds. The Balaban J connectivity index is 1.57. The van der Waals surface area contributed by atoms with Gasteiger partial charge in [0.25, 0.3) is 11.6 Å². The Morgan fingerprint density at radius 3 is 2.39 bits per heavy atom. The number of rotatable bonds is 7. The number of amides is 1. The molecule has 0 bridgehead atoms. The van der Waals surface area contributed by atoms with E-state index in [1.54, 1.807) is 24.3 Å². The predicted octanol–water partition coefficient (Wildman–Crippen LogP) is 3.18. The quantitative estimate of drug-likeness (QED) is 0.503. The van der Waals surface area contributed by atoms with E-state index < -0.39 is 4.92 Å². The van der Waals surface area contributed by atoms with E-state index in [1.807, 2.05) is 30.3 Å². The van der Waals surface area contributed by atoms with Crippen LogP contribution < -0.4 is 15.2 Å². The fourth-order valence-corrected chi connectivity index (χ4v) is 2.54. The zero-order chi connectivity index (χ0) is 19.9. The van der Waals surface area contributed by atoms with E-state index in [0.29, 0.717) is 17.9 Å². The van der Waals surface area contributed by atoms with Crippen LogP contribution in [0.15, 0.2) is 72.8 Å². The summed E-state index contributed by atoms with van der Waals surface area (Å²) >= 11 is 0. The first-order valence-electron chi connectivity index (χ1n) is 8.52. The largest absolute Gasteiger partial charge is 0.872 e. The summed E-state index contributed by atoms with van der Waals surface area (Å²) in [5.41, 5.74) is 1.40. The third-order valence-corrected chi connectivity index (χ3v) is 4.06. The molecule has 3 rings (SSSR count). The summed E-state index contributed by atoms with van der Waals surface area (Å²) in [6.45, 7) is 0.330. The van der Waals surface area contributed by atoms with Gasteiger partial charge in [0.1, 0.15) is 12.4 Å². The minimum absolute atomic E-state index is 0.0917. The van der Waals surface area contributed by atoms with Gasteiger partial charge in [0.2, 0.25) is 0 Å². The molecule has 0 saturated heterocycles. The molecule has 0 spiro atoms. The van der Waals surface area contributed by atoms with Crippen molar-refractivity contribution in [2.45, 2.75) is 13.2 Å². The highest BCUT2D eigenvalue weighted by molar-refractivity contribution is 5.94. The fraction of sp³-hybridized carbons (Fsp3) is 0.0952. The molecular formula is C21H17N2O5-. The average Bonchev–Trinajstić information content (AvgIpc) is 2.72. The van der Waals surface area contributed by atoms with E-state index in [-0.39, 0.29) is 29.5 Å². The van der Waals surface area contributed by atoms with Crippen molar-refractivity contribution in [2.75, 3.05) is 0 Å². The Labute approximate surface area is 161 Å². The first-order chi connectivity index (χ1) is 13.5. The monoisotopic (exact) mass is 377 g/mol. The van der Waals surface area contributed by atoms with Crippen LogP contribution in [0.3, 0.4) is 0 Å². The summed E-state index contributed by atoms with van der Waals surface area (Å²) in [4.78, 5) is 22.5. The Morgan fingerprint density at radius 1 is 1.00 bits per heavy atom. The number of hydrogen-bond donors (Lipinski definition) is 1. The number of nitro groups is 1. The van der Waals surface area contributed by atoms with Gasteiger partial charge in [-0.15, -0.1) is 5.75 Å². The number of nitrogens with one attached hydrogen (secondary N) is 1. The molecule has 0 heterocycles. The summed E-state index contributed by atoms with van der Waals surface area (Å²) in [7, 11) is 0. The summed E-state index contributed by atoms with van der Waals surface area (Å²) in [6, 6.07) is 19.7. The normalized spacial score (nSPS) is 10.3. The number of carbonyl (C=O) groups is 1. The maximum atomic E-state index is 12.3. The lowest BCUT2D eigenvalue weighted by molar-refractivity contribution is -0.385. The van der Waals surface area contributed by atoms with E-state index in [9.17, 15) is 20.0 Å². The zero-order valence-corrected chi connectivity index (χ0v) is 14.8. The van der Waals surface area contributed by atoms with Gasteiger partial charge in [0.15, 0.2) is 0 Å². The topological polar surface area (TPSA) is 105 Å². The number of carbonyl (C=O) groups excluding carboxylic acids is 1. The molecule has 0 unspecified atom stereocenters. The van der Waals surface area contributed by atoms with Crippen molar-refractivity contribution in [2.24, 2.45) is 0 Å². The molecule has 142 valence electrons. The van der Waals surface area contributed by atoms with Gasteiger partial charge in [-0.25, -0.2) is 0 Å². The Kier molecular flexibility index (Phi) is 5.86. The van der Waals surface area contributed by atoms with Crippen LogP contribution in [-0.2, 0) is 13.2 Å². The van der Waals surface area contributed by atoms with Gasteiger partial charge < -0.3 is 15.2 Å². The highest BCUT2D eigenvalue weighted by Gasteiger charge is 2.09. The highest BCUT2D eigenvalue weighted by Crippen LogP contribution is 2.21. The Bertz CT molecular complexity index is 972. The number of hydrogen-bond acceptors (Lipinski definition) is 5. The number of non-ortho nitro benzene ring substituents is 1. The van der Waals surface area contributed by atoms with Gasteiger partial charge in [0, 0.05) is 24.2 Å². The van der Waals surface area contributed by atoms with Crippen LogP contribution >= 0.6 is 0 Å². The van der Waals surface area contributed by atoms with Crippen LogP contribution in [0.2, 0.25) is 0 Å². The molecule has 0 radical (unpaired) electrons. The number of nitrogens with zero attached hydrogens (tertiary/aromatic N) is 1. The highest BCUT2D eigenvalue weighted by atomic mass is 16.6. The van der Waals surface area contributed by atoms with Gasteiger partial charge in [-0.05, 0) is 35.4 Å². The summed E-state index contributed by atoms with van der Waals surface area (Å²) in [5, 5.41) is 25.2. The molecule has 3 aromatic rings. The Morgan fingerprint density at radius 2 is 1.71 bits per heavy atom. The van der Waals surface area contributed by atoms with Crippen LogP contribution in [0.1, 0.15) is 21.5 Å². The average molecular weight is 377 g/mol. The van der Waals surface area contributed by atoms with Crippen molar-refractivity contribution in [1.82, 2.24) is 5.32 Å². The molecule has 3 aromatic carbocycles. The van der Waals surface area contributed by atoms with Gasteiger partial charge in [-0.3, -0.25) is 14.9 Å². The van der Waals surface area contributed by atoms with Gasteiger partial charge in [-0.2, -0.15) is 0 Å². The van der Waals surface area contributed by atoms with Gasteiger partial charge in [0.05, 0.1) is 4.92 Å². The summed E-state index contributed by atoms with van der Waals surface area (Å²) in [5.74, 6) is -0.128. The summed E-state index contributed by atoms with van der Waals surface area (Å²) < 4.78 is 5.67. The van der Waals surface area contributed by atoms with Crippen LogP contribution in [0.5, 0.6) is 11.5 Å². The molecule has 0 aliphatic heterocycles. The maximum absolute atomic E-state index is 12.3. The maximum Gasteiger partial charge on any atom is 0.269 e. The first kappa shape index (κ1) is 18.9. The van der Waals surface area contributed by atoms with Crippen molar-refractivity contribution < 1.29 is 19.6 Å². The van der Waals surface area contributed by atoms with E-state index in [2.05, 4.69) is 5.32 Å². The third-order valence-electron chi connectivity index (χ3n) is 4.06. The molecule has 1 N–H and O–H groups in total. The van der Waals surface area contributed by atoms with Crippen LogP contribution in [-0.4, -0.2) is 10.8 Å². The summed E-state index contributed by atoms with van der Waals surface area (Å²) in [6.07, 6.45) is 0. The van der Waals surface area contributed by atoms with E-state index >= 15 is 0 Å². The number of benzene rings is 3. The molecule has 0 aromatic heterocycles. The smallest absolute Gasteiger partial charge is 0.269 e. The number of nitro benzene ring substituents is 1. The standard InChI is InChI=1S/C21H18N2O5/c24-20-11-8-18(23(26)27)12-17(20)13-22-21(25)16-6-9-19(10-7-16)28-14-15-4-2-1-3-5-15/h1-12,24H,13-14H2,(H,22,25)/p-1. The molecule has 7 nitrogen and oxygen atoms in total. The minimum Gasteiger partial charge on any atom is -0.872 e. The van der Waals surface area contributed by atoms with E-state index in [0.717, 1.165) is 17.7 Å². The molecule has 0 atom stereocenters. The van der Waals surface area contributed by atoms with Gasteiger partial charge in [-0.1, -0.05) is 36.4 Å². The van der Waals surface area contributed by atoms with Crippen molar-refractivity contribution in [1.29, 1.82) is 0 Å². The zero-order valence-electron chi connectivity index (χ0n) is 14.8. The van der Waals surface area contributed by atoms with Crippen molar-refractivity contribution in [3.05, 3.63) is 99.6 Å². The van der Waals surface area contributed by atoms with Crippen molar-refractivity contribution in [3.63, 3.8) is 0 Å². The lowest BCUT2D eigenvalue weighted by Crippen LogP contribution is -2.23. The van der Waals surface area contributed by atoms with Gasteiger partial charge >= 0.3 is 0 Å². The molecule has 0 aliphatic carbocycles. The second-order valence-electron chi connectivity index (χ2n) is 6.03. The van der Waals surface area contributed by atoms with Crippen LogP contribution in [0.4, 0.5) is 5.69 Å². The molecule has 7 heteroatoms. The number of ether oxygens (including phenoxy) is 1. The molecule has 0 fully saturated rings.